The highest BCUT2D eigenvalue weighted by atomic mass is 32.2. The molecule has 0 unspecified atom stereocenters. The monoisotopic (exact) mass is 275 g/mol. The molecular weight excluding hydrogens is 258 g/mol. The van der Waals surface area contributed by atoms with Gasteiger partial charge in [-0.25, -0.2) is 17.5 Å². The molecule has 0 atom stereocenters. The normalized spacial score (nSPS) is 12.1. The third kappa shape index (κ3) is 2.70. The van der Waals surface area contributed by atoms with Gasteiger partial charge in [0.15, 0.2) is 0 Å². The van der Waals surface area contributed by atoms with Crippen molar-refractivity contribution in [3.8, 4) is 0 Å². The molecule has 1 rings (SSSR count). The van der Waals surface area contributed by atoms with Gasteiger partial charge >= 0.3 is 5.69 Å². The van der Waals surface area contributed by atoms with Gasteiger partial charge in [-0.05, 0) is 6.92 Å². The predicted molar refractivity (Wildman–Crippen MR) is 67.9 cm³/mol. The fourth-order valence-corrected chi connectivity index (χ4v) is 2.33. The molecule has 1 aromatic rings. The fraction of sp³-hybridized carbons (Fsp3) is 0.600. The van der Waals surface area contributed by atoms with Gasteiger partial charge in [0.2, 0.25) is 10.0 Å². The number of nitrogens with zero attached hydrogens (tertiary/aromatic N) is 3. The number of rotatable bonds is 4. The maximum absolute atomic E-state index is 11.8. The molecule has 0 aromatic carbocycles. The highest BCUT2D eigenvalue weighted by Crippen LogP contribution is 2.02. The number of sulfonamides is 1. The van der Waals surface area contributed by atoms with Gasteiger partial charge in [-0.1, -0.05) is 0 Å². The van der Waals surface area contributed by atoms with Gasteiger partial charge in [0.1, 0.15) is 0 Å². The van der Waals surface area contributed by atoms with Crippen molar-refractivity contribution in [2.75, 3.05) is 12.8 Å². The molecule has 0 radical (unpaired) electrons. The minimum absolute atomic E-state index is 0.0322. The van der Waals surface area contributed by atoms with E-state index in [1.807, 2.05) is 0 Å². The highest BCUT2D eigenvalue weighted by molar-refractivity contribution is 7.89. The Hall–Kier alpha value is -1.41. The zero-order valence-corrected chi connectivity index (χ0v) is 11.7. The van der Waals surface area contributed by atoms with E-state index in [0.717, 1.165) is 8.87 Å². The van der Waals surface area contributed by atoms with Gasteiger partial charge in [0, 0.05) is 39.4 Å². The van der Waals surface area contributed by atoms with Crippen molar-refractivity contribution in [2.24, 2.45) is 14.1 Å². The van der Waals surface area contributed by atoms with E-state index in [4.69, 9.17) is 0 Å². The first-order valence-corrected chi connectivity index (χ1v) is 7.01. The molecule has 8 heteroatoms. The van der Waals surface area contributed by atoms with Gasteiger partial charge in [0.05, 0.1) is 5.75 Å². The molecule has 0 N–H and O–H groups in total. The molecule has 0 spiro atoms. The number of hydrogen-bond acceptors (Lipinski definition) is 4. The van der Waals surface area contributed by atoms with Crippen LogP contribution in [-0.4, -0.2) is 34.7 Å². The van der Waals surface area contributed by atoms with E-state index in [1.165, 1.54) is 38.8 Å². The summed E-state index contributed by atoms with van der Waals surface area (Å²) in [6.45, 7) is 1.49. The van der Waals surface area contributed by atoms with Crippen molar-refractivity contribution < 1.29 is 8.42 Å². The second-order valence-corrected chi connectivity index (χ2v) is 6.43. The van der Waals surface area contributed by atoms with Crippen molar-refractivity contribution in [1.82, 2.24) is 13.4 Å². The van der Waals surface area contributed by atoms with Crippen LogP contribution in [0.25, 0.3) is 0 Å². The van der Waals surface area contributed by atoms with Crippen LogP contribution in [0.5, 0.6) is 0 Å². The number of aromatic nitrogens is 2. The van der Waals surface area contributed by atoms with E-state index < -0.39 is 21.3 Å². The molecule has 0 bridgehead atoms. The van der Waals surface area contributed by atoms with E-state index in [1.54, 1.807) is 0 Å². The molecule has 0 fully saturated rings. The Balaban J connectivity index is 3.23. The van der Waals surface area contributed by atoms with Crippen LogP contribution >= 0.6 is 0 Å². The van der Waals surface area contributed by atoms with E-state index in [0.29, 0.717) is 0 Å². The summed E-state index contributed by atoms with van der Waals surface area (Å²) in [6, 6.07) is 0. The van der Waals surface area contributed by atoms with Crippen LogP contribution in [0, 0.1) is 0 Å². The van der Waals surface area contributed by atoms with Crippen LogP contribution in [0.2, 0.25) is 0 Å². The van der Waals surface area contributed by atoms with Crippen molar-refractivity contribution >= 4 is 10.0 Å². The Morgan fingerprint density at radius 3 is 2.33 bits per heavy atom. The number of aryl methyl sites for hydroxylation is 1. The molecule has 0 saturated carbocycles. The Morgan fingerprint density at radius 2 is 1.83 bits per heavy atom. The van der Waals surface area contributed by atoms with Crippen LogP contribution in [0.4, 0.5) is 0 Å². The zero-order chi connectivity index (χ0) is 14.1. The lowest BCUT2D eigenvalue weighted by Crippen LogP contribution is -2.40. The second-order valence-electron chi connectivity index (χ2n) is 4.07. The molecule has 1 heterocycles. The van der Waals surface area contributed by atoms with Crippen molar-refractivity contribution in [3.05, 3.63) is 32.6 Å². The lowest BCUT2D eigenvalue weighted by Gasteiger charge is -2.16. The van der Waals surface area contributed by atoms with E-state index >= 15 is 0 Å². The summed E-state index contributed by atoms with van der Waals surface area (Å²) in [6.07, 6.45) is 1.37. The SMILES string of the molecule is CCS(=O)(=O)N(C)Cc1cn(C)c(=O)n(C)c1=O. The smallest absolute Gasteiger partial charge is 0.303 e. The van der Waals surface area contributed by atoms with Gasteiger partial charge in [0.25, 0.3) is 5.56 Å². The molecule has 1 aromatic heterocycles. The average molecular weight is 275 g/mol. The minimum Gasteiger partial charge on any atom is -0.303 e. The molecule has 0 aliphatic carbocycles. The maximum Gasteiger partial charge on any atom is 0.330 e. The van der Waals surface area contributed by atoms with Gasteiger partial charge in [-0.3, -0.25) is 9.36 Å². The first-order chi connectivity index (χ1) is 8.20. The van der Waals surface area contributed by atoms with Crippen molar-refractivity contribution in [2.45, 2.75) is 13.5 Å². The molecular formula is C10H17N3O4S. The Labute approximate surface area is 105 Å². The van der Waals surface area contributed by atoms with Crippen LogP contribution in [0.1, 0.15) is 12.5 Å². The Kier molecular flexibility index (Phi) is 4.12. The van der Waals surface area contributed by atoms with E-state index in [9.17, 15) is 18.0 Å². The second kappa shape index (κ2) is 5.07. The summed E-state index contributed by atoms with van der Waals surface area (Å²) in [7, 11) is 0.932. The van der Waals surface area contributed by atoms with Crippen molar-refractivity contribution in [3.63, 3.8) is 0 Å². The van der Waals surface area contributed by atoms with Crippen LogP contribution in [0.3, 0.4) is 0 Å². The minimum atomic E-state index is -3.35. The Bertz CT molecular complexity index is 657. The summed E-state index contributed by atoms with van der Waals surface area (Å²) in [5.41, 5.74) is -0.653. The molecule has 18 heavy (non-hydrogen) atoms. The third-order valence-electron chi connectivity index (χ3n) is 2.75. The predicted octanol–water partition coefficient (Wildman–Crippen LogP) is -1.13. The molecule has 0 aliphatic rings. The molecule has 0 amide bonds. The number of hydrogen-bond donors (Lipinski definition) is 0. The maximum atomic E-state index is 11.8. The molecule has 102 valence electrons. The average Bonchev–Trinajstić information content (AvgIpc) is 2.33. The fourth-order valence-electron chi connectivity index (χ4n) is 1.55. The zero-order valence-electron chi connectivity index (χ0n) is 10.9. The third-order valence-corrected chi connectivity index (χ3v) is 4.56. The van der Waals surface area contributed by atoms with E-state index in [2.05, 4.69) is 0 Å². The summed E-state index contributed by atoms with van der Waals surface area (Å²) in [5.74, 6) is -0.0322. The topological polar surface area (TPSA) is 81.4 Å². The standard InChI is InChI=1S/C10H17N3O4S/c1-5-18(16,17)12(3)7-8-6-11(2)10(15)13(4)9(8)14/h6H,5,7H2,1-4H3. The lowest BCUT2D eigenvalue weighted by molar-refractivity contribution is 0.461. The largest absolute Gasteiger partial charge is 0.330 e. The van der Waals surface area contributed by atoms with E-state index in [-0.39, 0.29) is 17.9 Å². The first-order valence-electron chi connectivity index (χ1n) is 5.40. The van der Waals surface area contributed by atoms with Crippen LogP contribution in [-0.2, 0) is 30.7 Å². The summed E-state index contributed by atoms with van der Waals surface area (Å²) in [5, 5.41) is 0. The van der Waals surface area contributed by atoms with Gasteiger partial charge in [-0.2, -0.15) is 0 Å². The van der Waals surface area contributed by atoms with Crippen LogP contribution < -0.4 is 11.2 Å². The molecule has 0 saturated heterocycles. The quantitative estimate of drug-likeness (QED) is 0.696. The van der Waals surface area contributed by atoms with Gasteiger partial charge in [-0.15, -0.1) is 0 Å². The highest BCUT2D eigenvalue weighted by Gasteiger charge is 2.17. The summed E-state index contributed by atoms with van der Waals surface area (Å²) >= 11 is 0. The first kappa shape index (κ1) is 14.7. The van der Waals surface area contributed by atoms with Gasteiger partial charge < -0.3 is 4.57 Å². The van der Waals surface area contributed by atoms with Crippen LogP contribution in [0.15, 0.2) is 15.8 Å². The van der Waals surface area contributed by atoms with Crippen molar-refractivity contribution in [1.29, 1.82) is 0 Å². The molecule has 0 aliphatic heterocycles. The summed E-state index contributed by atoms with van der Waals surface area (Å²) in [4.78, 5) is 23.3. The lowest BCUT2D eigenvalue weighted by atomic mass is 10.3. The Morgan fingerprint density at radius 1 is 1.28 bits per heavy atom. The summed E-state index contributed by atoms with van der Waals surface area (Å²) < 4.78 is 26.5. The molecule has 7 nitrogen and oxygen atoms in total.